The van der Waals surface area contributed by atoms with Crippen LogP contribution in [-0.2, 0) is 11.3 Å². The van der Waals surface area contributed by atoms with Crippen LogP contribution in [0.4, 0.5) is 5.69 Å². The molecular formula is C15H25ClN2O. The molecule has 0 aliphatic carbocycles. The van der Waals surface area contributed by atoms with Gasteiger partial charge >= 0.3 is 0 Å². The Morgan fingerprint density at radius 2 is 2.11 bits per heavy atom. The molecule has 0 heterocycles. The molecule has 0 unspecified atom stereocenters. The van der Waals surface area contributed by atoms with Crippen LogP contribution >= 0.6 is 11.6 Å². The summed E-state index contributed by atoms with van der Waals surface area (Å²) in [5.74, 6) is 0. The Labute approximate surface area is 121 Å². The van der Waals surface area contributed by atoms with Gasteiger partial charge in [0, 0.05) is 20.1 Å². The maximum atomic E-state index is 6.33. The number of nitrogens with zero attached hydrogens (tertiary/aromatic N) is 1. The zero-order chi connectivity index (χ0) is 14.3. The molecule has 1 aromatic rings. The first-order valence-corrected chi connectivity index (χ1v) is 7.24. The van der Waals surface area contributed by atoms with Crippen molar-refractivity contribution in [3.63, 3.8) is 0 Å². The average molecular weight is 285 g/mol. The van der Waals surface area contributed by atoms with Gasteiger partial charge in [-0.2, -0.15) is 0 Å². The Bertz CT molecular complexity index is 382. The van der Waals surface area contributed by atoms with Crippen LogP contribution in [0, 0.1) is 0 Å². The molecular weight excluding hydrogens is 260 g/mol. The third-order valence-corrected chi connectivity index (χ3v) is 3.18. The van der Waals surface area contributed by atoms with Gasteiger partial charge in [0.15, 0.2) is 0 Å². The van der Waals surface area contributed by atoms with Crippen LogP contribution in [0.15, 0.2) is 18.2 Å². The summed E-state index contributed by atoms with van der Waals surface area (Å²) in [7, 11) is 2.04. The molecule has 3 nitrogen and oxygen atoms in total. The van der Waals surface area contributed by atoms with Crippen molar-refractivity contribution >= 4 is 17.3 Å². The molecule has 4 heteroatoms. The lowest BCUT2D eigenvalue weighted by atomic mass is 10.2. The van der Waals surface area contributed by atoms with Gasteiger partial charge in [0.2, 0.25) is 0 Å². The second-order valence-electron chi connectivity index (χ2n) is 4.91. The first kappa shape index (κ1) is 16.3. The van der Waals surface area contributed by atoms with Crippen LogP contribution in [0.1, 0.15) is 26.3 Å². The van der Waals surface area contributed by atoms with Crippen LogP contribution < -0.4 is 10.2 Å². The van der Waals surface area contributed by atoms with Crippen molar-refractivity contribution in [3.8, 4) is 0 Å². The topological polar surface area (TPSA) is 24.5 Å². The van der Waals surface area contributed by atoms with Crippen molar-refractivity contribution in [2.45, 2.75) is 33.4 Å². The minimum absolute atomic E-state index is 0.270. The van der Waals surface area contributed by atoms with Gasteiger partial charge in [-0.3, -0.25) is 0 Å². The lowest BCUT2D eigenvalue weighted by Crippen LogP contribution is -2.24. The zero-order valence-electron chi connectivity index (χ0n) is 12.4. The van der Waals surface area contributed by atoms with Gasteiger partial charge in [-0.1, -0.05) is 24.6 Å². The van der Waals surface area contributed by atoms with Crippen molar-refractivity contribution in [2.75, 3.05) is 31.6 Å². The minimum atomic E-state index is 0.270. The normalized spacial score (nSPS) is 11.1. The molecule has 0 spiro atoms. The Morgan fingerprint density at radius 1 is 1.37 bits per heavy atom. The van der Waals surface area contributed by atoms with Gasteiger partial charge in [0.05, 0.1) is 23.4 Å². The lowest BCUT2D eigenvalue weighted by molar-refractivity contribution is 0.0846. The van der Waals surface area contributed by atoms with Crippen LogP contribution in [0.5, 0.6) is 0 Å². The van der Waals surface area contributed by atoms with Crippen LogP contribution in [0.2, 0.25) is 5.02 Å². The molecule has 0 saturated heterocycles. The highest BCUT2D eigenvalue weighted by atomic mass is 35.5. The van der Waals surface area contributed by atoms with Gasteiger partial charge in [-0.25, -0.2) is 0 Å². The maximum absolute atomic E-state index is 6.33. The molecule has 108 valence electrons. The molecule has 0 fully saturated rings. The smallest absolute Gasteiger partial charge is 0.0644 e. The van der Waals surface area contributed by atoms with Crippen LogP contribution in [-0.4, -0.2) is 32.8 Å². The first-order chi connectivity index (χ1) is 9.04. The van der Waals surface area contributed by atoms with E-state index < -0.39 is 0 Å². The first-order valence-electron chi connectivity index (χ1n) is 6.86. The van der Waals surface area contributed by atoms with Crippen molar-refractivity contribution in [2.24, 2.45) is 0 Å². The summed E-state index contributed by atoms with van der Waals surface area (Å²) >= 11 is 6.33. The van der Waals surface area contributed by atoms with E-state index in [1.54, 1.807) is 0 Å². The molecule has 1 aromatic carbocycles. The summed E-state index contributed by atoms with van der Waals surface area (Å²) in [5, 5.41) is 4.09. The number of benzene rings is 1. The fraction of sp³-hybridized carbons (Fsp3) is 0.600. The van der Waals surface area contributed by atoms with E-state index in [0.29, 0.717) is 6.61 Å². The van der Waals surface area contributed by atoms with E-state index in [2.05, 4.69) is 29.3 Å². The predicted molar refractivity (Wildman–Crippen MR) is 83.2 cm³/mol. The number of likely N-dealkylation sites (N-methyl/N-ethyl adjacent to an activating group) is 1. The summed E-state index contributed by atoms with van der Waals surface area (Å²) in [6.45, 7) is 9.56. The number of nitrogens with one attached hydrogen (secondary N) is 1. The molecule has 0 atom stereocenters. The quantitative estimate of drug-likeness (QED) is 0.793. The standard InChI is InChI=1S/C15H25ClN2O/c1-5-17-11-13-6-7-15(14(16)10-13)18(4)8-9-19-12(2)3/h6-7,10,12,17H,5,8-9,11H2,1-4H3. The number of ether oxygens (including phenoxy) is 1. The van der Waals surface area contributed by atoms with Crippen LogP contribution in [0.25, 0.3) is 0 Å². The van der Waals surface area contributed by atoms with Crippen molar-refractivity contribution in [3.05, 3.63) is 28.8 Å². The van der Waals surface area contributed by atoms with E-state index in [1.807, 2.05) is 27.0 Å². The number of rotatable bonds is 8. The minimum Gasteiger partial charge on any atom is -0.377 e. The predicted octanol–water partition coefficient (Wildman–Crippen LogP) is 3.31. The summed E-state index contributed by atoms with van der Waals surface area (Å²) < 4.78 is 5.56. The molecule has 19 heavy (non-hydrogen) atoms. The second kappa shape index (κ2) is 8.41. The number of anilines is 1. The SMILES string of the molecule is CCNCc1ccc(N(C)CCOC(C)C)c(Cl)c1. The fourth-order valence-electron chi connectivity index (χ4n) is 1.79. The van der Waals surface area contributed by atoms with Gasteiger partial charge in [0.1, 0.15) is 0 Å². The highest BCUT2D eigenvalue weighted by Crippen LogP contribution is 2.25. The Balaban J connectivity index is 2.57. The third kappa shape index (κ3) is 5.81. The molecule has 0 radical (unpaired) electrons. The van der Waals surface area contributed by atoms with Gasteiger partial charge in [0.25, 0.3) is 0 Å². The number of hydrogen-bond donors (Lipinski definition) is 1. The Hall–Kier alpha value is -0.770. The highest BCUT2D eigenvalue weighted by molar-refractivity contribution is 6.33. The van der Waals surface area contributed by atoms with Crippen molar-refractivity contribution in [1.82, 2.24) is 5.32 Å². The van der Waals surface area contributed by atoms with Crippen molar-refractivity contribution in [1.29, 1.82) is 0 Å². The largest absolute Gasteiger partial charge is 0.377 e. The van der Waals surface area contributed by atoms with Gasteiger partial charge in [-0.15, -0.1) is 0 Å². The maximum Gasteiger partial charge on any atom is 0.0644 e. The van der Waals surface area contributed by atoms with E-state index in [1.165, 1.54) is 5.56 Å². The Kier molecular flexibility index (Phi) is 7.21. The Morgan fingerprint density at radius 3 is 2.68 bits per heavy atom. The third-order valence-electron chi connectivity index (χ3n) is 2.88. The van der Waals surface area contributed by atoms with E-state index in [4.69, 9.17) is 16.3 Å². The van der Waals surface area contributed by atoms with Gasteiger partial charge < -0.3 is 15.0 Å². The number of halogens is 1. The zero-order valence-corrected chi connectivity index (χ0v) is 13.1. The molecule has 0 bridgehead atoms. The fourth-order valence-corrected chi connectivity index (χ4v) is 2.13. The average Bonchev–Trinajstić information content (AvgIpc) is 2.35. The van der Waals surface area contributed by atoms with Gasteiger partial charge in [-0.05, 0) is 38.1 Å². The molecule has 0 aliphatic rings. The molecule has 0 amide bonds. The molecule has 0 aliphatic heterocycles. The van der Waals surface area contributed by atoms with Crippen molar-refractivity contribution < 1.29 is 4.74 Å². The summed E-state index contributed by atoms with van der Waals surface area (Å²) in [4.78, 5) is 2.13. The van der Waals surface area contributed by atoms with E-state index in [0.717, 1.165) is 30.3 Å². The van der Waals surface area contributed by atoms with E-state index >= 15 is 0 Å². The lowest BCUT2D eigenvalue weighted by Gasteiger charge is -2.21. The molecule has 1 N–H and O–H groups in total. The van der Waals surface area contributed by atoms with E-state index in [9.17, 15) is 0 Å². The molecule has 1 rings (SSSR count). The molecule has 0 saturated carbocycles. The second-order valence-corrected chi connectivity index (χ2v) is 5.31. The number of hydrogen-bond acceptors (Lipinski definition) is 3. The van der Waals surface area contributed by atoms with Crippen LogP contribution in [0.3, 0.4) is 0 Å². The monoisotopic (exact) mass is 284 g/mol. The summed E-state index contributed by atoms with van der Waals surface area (Å²) in [5.41, 5.74) is 2.26. The highest BCUT2D eigenvalue weighted by Gasteiger charge is 2.07. The molecule has 0 aromatic heterocycles. The van der Waals surface area contributed by atoms with E-state index in [-0.39, 0.29) is 6.10 Å². The summed E-state index contributed by atoms with van der Waals surface area (Å²) in [6.07, 6.45) is 0.270. The summed E-state index contributed by atoms with van der Waals surface area (Å²) in [6, 6.07) is 6.22.